The molecule has 0 aliphatic carbocycles. The number of hydrogen-bond acceptors (Lipinski definition) is 5. The fourth-order valence-corrected chi connectivity index (χ4v) is 2.48. The molecule has 6 heteroatoms. The van der Waals surface area contributed by atoms with Gasteiger partial charge in [-0.25, -0.2) is 4.98 Å². The first-order valence-corrected chi connectivity index (χ1v) is 5.09. The van der Waals surface area contributed by atoms with Crippen molar-refractivity contribution >= 4 is 39.9 Å². The van der Waals surface area contributed by atoms with E-state index in [1.807, 2.05) is 6.92 Å². The Balaban J connectivity index is 2.77. The Kier molecular flexibility index (Phi) is 2.16. The molecular formula is C8H6N2O2S2. The molecule has 0 N–H and O–H groups in total. The first kappa shape index (κ1) is 9.42. The van der Waals surface area contributed by atoms with E-state index in [2.05, 4.69) is 17.6 Å². The molecule has 0 spiro atoms. The van der Waals surface area contributed by atoms with Crippen LogP contribution in [-0.4, -0.2) is 9.91 Å². The number of rotatable bonds is 1. The first-order chi connectivity index (χ1) is 6.58. The van der Waals surface area contributed by atoms with Crippen molar-refractivity contribution in [3.05, 3.63) is 27.3 Å². The van der Waals surface area contributed by atoms with Crippen molar-refractivity contribution in [1.29, 1.82) is 0 Å². The van der Waals surface area contributed by atoms with Crippen LogP contribution in [0.2, 0.25) is 0 Å². The second-order valence-electron chi connectivity index (χ2n) is 2.80. The lowest BCUT2D eigenvalue weighted by Gasteiger charge is -1.94. The molecule has 1 aromatic carbocycles. The molecule has 2 rings (SSSR count). The summed E-state index contributed by atoms with van der Waals surface area (Å²) in [5.41, 5.74) is 0.799. The third kappa shape index (κ3) is 1.46. The van der Waals surface area contributed by atoms with E-state index in [-0.39, 0.29) is 5.69 Å². The zero-order valence-corrected chi connectivity index (χ0v) is 8.93. The minimum absolute atomic E-state index is 0.0613. The normalized spacial score (nSPS) is 10.7. The smallest absolute Gasteiger partial charge is 0.258 e. The van der Waals surface area contributed by atoms with E-state index in [1.54, 1.807) is 0 Å². The van der Waals surface area contributed by atoms with Crippen LogP contribution in [0, 0.1) is 17.0 Å². The van der Waals surface area contributed by atoms with Crippen LogP contribution in [0.15, 0.2) is 17.0 Å². The maximum atomic E-state index is 10.6. The largest absolute Gasteiger partial charge is 0.272 e. The maximum absolute atomic E-state index is 10.6. The Morgan fingerprint density at radius 3 is 2.93 bits per heavy atom. The van der Waals surface area contributed by atoms with Crippen LogP contribution in [-0.2, 0) is 0 Å². The molecule has 0 aliphatic rings. The molecule has 14 heavy (non-hydrogen) atoms. The SMILES string of the molecule is Cc1nc2c(S)cc([N+](=O)[O-])cc2s1. The van der Waals surface area contributed by atoms with E-state index < -0.39 is 4.92 Å². The van der Waals surface area contributed by atoms with E-state index in [1.165, 1.54) is 23.5 Å². The number of nitro benzene ring substituents is 1. The number of aryl methyl sites for hydroxylation is 1. The van der Waals surface area contributed by atoms with Gasteiger partial charge in [0.1, 0.15) is 0 Å². The van der Waals surface area contributed by atoms with E-state index in [0.29, 0.717) is 4.90 Å². The van der Waals surface area contributed by atoms with Crippen molar-refractivity contribution in [2.75, 3.05) is 0 Å². The molecular weight excluding hydrogens is 220 g/mol. The van der Waals surface area contributed by atoms with Crippen LogP contribution in [0.4, 0.5) is 5.69 Å². The van der Waals surface area contributed by atoms with Gasteiger partial charge in [0.25, 0.3) is 5.69 Å². The van der Waals surface area contributed by atoms with Crippen LogP contribution in [0.5, 0.6) is 0 Å². The van der Waals surface area contributed by atoms with E-state index in [9.17, 15) is 10.1 Å². The number of non-ortho nitro benzene ring substituents is 1. The predicted octanol–water partition coefficient (Wildman–Crippen LogP) is 2.80. The Bertz CT molecular complexity index is 521. The number of thiazole rings is 1. The Morgan fingerprint density at radius 1 is 1.57 bits per heavy atom. The zero-order chi connectivity index (χ0) is 10.3. The van der Waals surface area contributed by atoms with E-state index in [4.69, 9.17) is 0 Å². The molecule has 0 atom stereocenters. The van der Waals surface area contributed by atoms with Crippen LogP contribution < -0.4 is 0 Å². The molecule has 1 heterocycles. The molecule has 0 fully saturated rings. The summed E-state index contributed by atoms with van der Waals surface area (Å²) in [6.45, 7) is 1.86. The fraction of sp³-hybridized carbons (Fsp3) is 0.125. The highest BCUT2D eigenvalue weighted by atomic mass is 32.1. The van der Waals surface area contributed by atoms with Gasteiger partial charge in [-0.15, -0.1) is 24.0 Å². The molecule has 4 nitrogen and oxygen atoms in total. The predicted molar refractivity (Wildman–Crippen MR) is 58.3 cm³/mol. The van der Waals surface area contributed by atoms with Crippen molar-refractivity contribution in [3.8, 4) is 0 Å². The molecule has 0 unspecified atom stereocenters. The van der Waals surface area contributed by atoms with Gasteiger partial charge in [-0.1, -0.05) is 0 Å². The van der Waals surface area contributed by atoms with Crippen molar-refractivity contribution in [1.82, 2.24) is 4.98 Å². The van der Waals surface area contributed by atoms with Crippen molar-refractivity contribution in [2.24, 2.45) is 0 Å². The Hall–Kier alpha value is -1.14. The molecule has 0 amide bonds. The fourth-order valence-electron chi connectivity index (χ4n) is 1.21. The summed E-state index contributed by atoms with van der Waals surface area (Å²) in [5, 5.41) is 11.4. The van der Waals surface area contributed by atoms with Gasteiger partial charge in [0.15, 0.2) is 0 Å². The minimum Gasteiger partial charge on any atom is -0.258 e. The lowest BCUT2D eigenvalue weighted by molar-refractivity contribution is -0.384. The van der Waals surface area contributed by atoms with E-state index >= 15 is 0 Å². The first-order valence-electron chi connectivity index (χ1n) is 3.82. The third-order valence-electron chi connectivity index (χ3n) is 1.78. The highest BCUT2D eigenvalue weighted by molar-refractivity contribution is 7.80. The summed E-state index contributed by atoms with van der Waals surface area (Å²) in [6, 6.07) is 2.95. The molecule has 0 bridgehead atoms. The summed E-state index contributed by atoms with van der Waals surface area (Å²) in [5.74, 6) is 0. The number of fused-ring (bicyclic) bond motifs is 1. The summed E-state index contributed by atoms with van der Waals surface area (Å²) >= 11 is 5.60. The lowest BCUT2D eigenvalue weighted by atomic mass is 10.3. The number of thiol groups is 1. The highest BCUT2D eigenvalue weighted by Gasteiger charge is 2.12. The molecule has 2 aromatic rings. The zero-order valence-electron chi connectivity index (χ0n) is 7.22. The second kappa shape index (κ2) is 3.21. The van der Waals surface area contributed by atoms with Gasteiger partial charge in [0.05, 0.1) is 20.1 Å². The molecule has 0 saturated carbocycles. The number of nitro groups is 1. The quantitative estimate of drug-likeness (QED) is 0.462. The van der Waals surface area contributed by atoms with Gasteiger partial charge >= 0.3 is 0 Å². The number of aromatic nitrogens is 1. The average Bonchev–Trinajstić information content (AvgIpc) is 2.45. The summed E-state index contributed by atoms with van der Waals surface area (Å²) in [6.07, 6.45) is 0. The Labute approximate surface area is 89.1 Å². The summed E-state index contributed by atoms with van der Waals surface area (Å²) < 4.78 is 0.807. The van der Waals surface area contributed by atoms with Crippen LogP contribution in [0.3, 0.4) is 0 Å². The topological polar surface area (TPSA) is 56.0 Å². The van der Waals surface area contributed by atoms with Gasteiger partial charge in [-0.2, -0.15) is 0 Å². The molecule has 0 saturated heterocycles. The number of hydrogen-bond donors (Lipinski definition) is 1. The minimum atomic E-state index is -0.422. The average molecular weight is 226 g/mol. The van der Waals surface area contributed by atoms with E-state index in [0.717, 1.165) is 15.2 Å². The van der Waals surface area contributed by atoms with Gasteiger partial charge in [0.2, 0.25) is 0 Å². The monoisotopic (exact) mass is 226 g/mol. The number of nitrogens with zero attached hydrogens (tertiary/aromatic N) is 2. The molecule has 0 aliphatic heterocycles. The van der Waals surface area contributed by atoms with Gasteiger partial charge in [-0.05, 0) is 6.92 Å². The van der Waals surface area contributed by atoms with Gasteiger partial charge in [0, 0.05) is 17.0 Å². The van der Waals surface area contributed by atoms with Gasteiger partial charge in [-0.3, -0.25) is 10.1 Å². The van der Waals surface area contributed by atoms with Crippen LogP contribution >= 0.6 is 24.0 Å². The molecule has 72 valence electrons. The van der Waals surface area contributed by atoms with Crippen LogP contribution in [0.25, 0.3) is 10.2 Å². The summed E-state index contributed by atoms with van der Waals surface area (Å²) in [4.78, 5) is 14.9. The highest BCUT2D eigenvalue weighted by Crippen LogP contribution is 2.31. The standard InChI is InChI=1S/C8H6N2O2S2/c1-4-9-8-6(13)2-5(10(11)12)3-7(8)14-4/h2-3,13H,1H3. The van der Waals surface area contributed by atoms with Crippen molar-refractivity contribution < 1.29 is 4.92 Å². The third-order valence-corrected chi connectivity index (χ3v) is 3.04. The molecule has 1 aromatic heterocycles. The maximum Gasteiger partial charge on any atom is 0.272 e. The Morgan fingerprint density at radius 2 is 2.29 bits per heavy atom. The van der Waals surface area contributed by atoms with Gasteiger partial charge < -0.3 is 0 Å². The van der Waals surface area contributed by atoms with Crippen molar-refractivity contribution in [2.45, 2.75) is 11.8 Å². The summed E-state index contributed by atoms with van der Waals surface area (Å²) in [7, 11) is 0. The van der Waals surface area contributed by atoms with Crippen LogP contribution in [0.1, 0.15) is 5.01 Å². The number of benzene rings is 1. The molecule has 0 radical (unpaired) electrons. The lowest BCUT2D eigenvalue weighted by Crippen LogP contribution is -1.87. The second-order valence-corrected chi connectivity index (χ2v) is 4.52. The van der Waals surface area contributed by atoms with Crippen molar-refractivity contribution in [3.63, 3.8) is 0 Å².